The summed E-state index contributed by atoms with van der Waals surface area (Å²) in [5, 5.41) is 0. The quantitative estimate of drug-likeness (QED) is 0.261. The van der Waals surface area contributed by atoms with Crippen LogP contribution in [-0.4, -0.2) is 72.4 Å². The van der Waals surface area contributed by atoms with Gasteiger partial charge in [0.05, 0.1) is 0 Å². The molecule has 0 aromatic rings. The molecule has 0 aliphatic carbocycles. The van der Waals surface area contributed by atoms with E-state index in [-0.39, 0.29) is 72.4 Å². The Hall–Kier alpha value is 2.26. The fourth-order valence-electron chi connectivity index (χ4n) is 0. The number of hydrogen-bond donors (Lipinski definition) is 0. The van der Waals surface area contributed by atoms with Crippen LogP contribution < -0.4 is 0 Å². The van der Waals surface area contributed by atoms with Gasteiger partial charge in [0.15, 0.2) is 34.7 Å². The summed E-state index contributed by atoms with van der Waals surface area (Å²) in [5.74, 6) is 0. The predicted molar refractivity (Wildman–Crippen MR) is 34.2 cm³/mol. The normalized spacial score (nSPS) is 0. The van der Waals surface area contributed by atoms with Crippen molar-refractivity contribution in [1.29, 1.82) is 0 Å². The van der Waals surface area contributed by atoms with E-state index in [1.807, 2.05) is 0 Å². The van der Waals surface area contributed by atoms with Gasteiger partial charge in [-0.1, -0.05) is 0 Å². The van der Waals surface area contributed by atoms with Gasteiger partial charge in [0.1, 0.15) is 0 Å². The molecule has 16 valence electrons. The molecule has 0 heterocycles. The summed E-state index contributed by atoms with van der Waals surface area (Å²) < 4.78 is 0. The van der Waals surface area contributed by atoms with Crippen molar-refractivity contribution >= 4 is 72.4 Å². The van der Waals surface area contributed by atoms with Gasteiger partial charge in [-0.2, -0.15) is 0 Å². The second kappa shape index (κ2) is 18.7. The van der Waals surface area contributed by atoms with Crippen molar-refractivity contribution in [2.24, 2.45) is 0 Å². The zero-order valence-electron chi connectivity index (χ0n) is 0. The third-order valence-corrected chi connectivity index (χ3v) is 0. The van der Waals surface area contributed by atoms with E-state index >= 15 is 0 Å². The average Bonchev–Trinajstić information content (AvgIpc) is 0. The molecule has 0 aliphatic heterocycles. The van der Waals surface area contributed by atoms with Crippen LogP contribution >= 0.6 is 0 Å². The van der Waals surface area contributed by atoms with E-state index in [4.69, 9.17) is 0 Å². The minimum absolute atomic E-state index is 0. The molecule has 0 atom stereocenters. The molecule has 0 aliphatic rings. The second-order valence-electron chi connectivity index (χ2n) is 0. The summed E-state index contributed by atoms with van der Waals surface area (Å²) in [4.78, 5) is 0. The summed E-state index contributed by atoms with van der Waals surface area (Å²) in [6.07, 6.45) is 0. The van der Waals surface area contributed by atoms with Crippen LogP contribution in [-0.2, 0) is 0 Å². The van der Waals surface area contributed by atoms with Gasteiger partial charge in [-0.15, -0.1) is 0 Å². The Balaban J connectivity index is 0. The topological polar surface area (TPSA) is 0 Å². The van der Waals surface area contributed by atoms with Gasteiger partial charge in [-0.25, -0.2) is 0 Å². The van der Waals surface area contributed by atoms with E-state index in [0.717, 1.165) is 0 Å². The zero-order valence-corrected chi connectivity index (χ0v) is 0. The summed E-state index contributed by atoms with van der Waals surface area (Å²) >= 11 is 0. The van der Waals surface area contributed by atoms with Crippen LogP contribution in [0.15, 0.2) is 0 Å². The Morgan fingerprint density at radius 3 is 0.500 bits per heavy atom. The van der Waals surface area contributed by atoms with Gasteiger partial charge < -0.3 is 0 Å². The SMILES string of the molecule is [AlH3].[AlH3].[LiH].[LiH]. The molecule has 0 nitrogen and oxygen atoms in total. The maximum atomic E-state index is 0. The molecule has 4 heteroatoms. The molecule has 0 fully saturated rings. The molecule has 0 amide bonds. The van der Waals surface area contributed by atoms with Crippen LogP contribution in [0.2, 0.25) is 0 Å². The first-order chi connectivity index (χ1) is 0. The van der Waals surface area contributed by atoms with Crippen LogP contribution in [0.5, 0.6) is 0 Å². The fraction of sp³-hybridized carbons (Fsp3) is 0. The summed E-state index contributed by atoms with van der Waals surface area (Å²) in [5.41, 5.74) is 0. The van der Waals surface area contributed by atoms with Crippen molar-refractivity contribution in [2.75, 3.05) is 0 Å². The molecular weight excluding hydrogens is 67.8 g/mol. The van der Waals surface area contributed by atoms with E-state index in [2.05, 4.69) is 0 Å². The first kappa shape index (κ1) is 33.9. The first-order valence-electron chi connectivity index (χ1n) is 0. The summed E-state index contributed by atoms with van der Waals surface area (Å²) in [7, 11) is 0. The Labute approximate surface area is 71.7 Å². The number of rotatable bonds is 0. The average molecular weight is 75.9 g/mol. The Bertz CT molecular complexity index is 4.00. The predicted octanol–water partition coefficient (Wildman–Crippen LogP) is -3.66. The molecule has 4 heavy (non-hydrogen) atoms. The third-order valence-electron chi connectivity index (χ3n) is 0. The van der Waals surface area contributed by atoms with Crippen molar-refractivity contribution in [3.8, 4) is 0 Å². The minimum atomic E-state index is 0. The van der Waals surface area contributed by atoms with Crippen molar-refractivity contribution in [2.45, 2.75) is 0 Å². The van der Waals surface area contributed by atoms with Gasteiger partial charge in [-0.3, -0.25) is 0 Å². The summed E-state index contributed by atoms with van der Waals surface area (Å²) in [6.45, 7) is 0. The fourth-order valence-corrected chi connectivity index (χ4v) is 0. The van der Waals surface area contributed by atoms with Crippen LogP contribution in [0.1, 0.15) is 0 Å². The van der Waals surface area contributed by atoms with Gasteiger partial charge in [0.2, 0.25) is 0 Å². The third kappa shape index (κ3) is 8.86. The zero-order chi connectivity index (χ0) is 0. The standard InChI is InChI=1S/2Al.2Li.8H. The van der Waals surface area contributed by atoms with Crippen molar-refractivity contribution in [1.82, 2.24) is 0 Å². The maximum absolute atomic E-state index is 0. The van der Waals surface area contributed by atoms with Crippen LogP contribution in [0, 0.1) is 0 Å². The molecule has 0 saturated carbocycles. The molecule has 0 spiro atoms. The van der Waals surface area contributed by atoms with Crippen molar-refractivity contribution in [3.05, 3.63) is 0 Å². The molecule has 0 saturated heterocycles. The molecule has 0 bridgehead atoms. The van der Waals surface area contributed by atoms with Gasteiger partial charge >= 0.3 is 37.7 Å². The van der Waals surface area contributed by atoms with Crippen molar-refractivity contribution in [3.63, 3.8) is 0 Å². The van der Waals surface area contributed by atoms with E-state index in [9.17, 15) is 0 Å². The van der Waals surface area contributed by atoms with Gasteiger partial charge in [0, 0.05) is 0 Å². The van der Waals surface area contributed by atoms with Gasteiger partial charge in [0.25, 0.3) is 0 Å². The van der Waals surface area contributed by atoms with E-state index in [0.29, 0.717) is 0 Å². The van der Waals surface area contributed by atoms with Crippen LogP contribution in [0.3, 0.4) is 0 Å². The van der Waals surface area contributed by atoms with E-state index < -0.39 is 0 Å². The molecule has 0 unspecified atom stereocenters. The summed E-state index contributed by atoms with van der Waals surface area (Å²) in [6, 6.07) is 0. The molecule has 0 radical (unpaired) electrons. The molecule has 0 aromatic heterocycles. The Morgan fingerprint density at radius 2 is 0.500 bits per heavy atom. The molecular formula is H8Al2Li2. The first-order valence-corrected chi connectivity index (χ1v) is 0. The monoisotopic (exact) mass is 76.1 g/mol. The molecule has 0 aromatic carbocycles. The Morgan fingerprint density at radius 1 is 0.500 bits per heavy atom. The molecule has 0 N–H and O–H groups in total. The van der Waals surface area contributed by atoms with E-state index in [1.54, 1.807) is 0 Å². The second-order valence-corrected chi connectivity index (χ2v) is 0. The van der Waals surface area contributed by atoms with Crippen molar-refractivity contribution < 1.29 is 0 Å². The number of hydrogen-bond acceptors (Lipinski definition) is 0. The van der Waals surface area contributed by atoms with E-state index in [1.165, 1.54) is 0 Å². The Kier molecular flexibility index (Phi) is 158. The van der Waals surface area contributed by atoms with Crippen LogP contribution in [0.25, 0.3) is 0 Å². The van der Waals surface area contributed by atoms with Gasteiger partial charge in [-0.05, 0) is 0 Å². The van der Waals surface area contributed by atoms with Crippen LogP contribution in [0.4, 0.5) is 0 Å². The molecule has 0 rings (SSSR count).